The fourth-order valence-electron chi connectivity index (χ4n) is 1.09. The molecule has 0 aliphatic carbocycles. The normalized spacial score (nSPS) is 12.9. The summed E-state index contributed by atoms with van der Waals surface area (Å²) in [6, 6.07) is 3.67. The predicted molar refractivity (Wildman–Crippen MR) is 46.8 cm³/mol. The number of halogens is 2. The van der Waals surface area contributed by atoms with Gasteiger partial charge in [-0.1, -0.05) is 6.07 Å². The molecule has 1 aromatic rings. The van der Waals surface area contributed by atoms with E-state index >= 15 is 0 Å². The smallest absolute Gasteiger partial charge is 0.129 e. The summed E-state index contributed by atoms with van der Waals surface area (Å²) in [7, 11) is 0. The van der Waals surface area contributed by atoms with Gasteiger partial charge in [-0.25, -0.2) is 8.78 Å². The van der Waals surface area contributed by atoms with Crippen molar-refractivity contribution in [2.24, 2.45) is 5.84 Å². The summed E-state index contributed by atoms with van der Waals surface area (Å²) in [6.45, 7) is 1.76. The predicted octanol–water partition coefficient (Wildman–Crippen LogP) is 1.36. The first-order chi connectivity index (χ1) is 6.15. The molecule has 0 saturated heterocycles. The molecule has 2 nitrogen and oxygen atoms in total. The molecular weight excluding hydrogens is 174 g/mol. The van der Waals surface area contributed by atoms with Gasteiger partial charge in [0, 0.05) is 11.6 Å². The highest BCUT2D eigenvalue weighted by Crippen LogP contribution is 2.13. The molecule has 0 amide bonds. The molecule has 4 heteroatoms. The number of hydrogen-bond acceptors (Lipinski definition) is 2. The van der Waals surface area contributed by atoms with Crippen molar-refractivity contribution in [1.82, 2.24) is 5.43 Å². The Morgan fingerprint density at radius 2 is 1.92 bits per heavy atom. The van der Waals surface area contributed by atoms with Crippen LogP contribution in [0.25, 0.3) is 0 Å². The molecule has 0 bridgehead atoms. The number of nitrogens with one attached hydrogen (secondary N) is 1. The van der Waals surface area contributed by atoms with Crippen LogP contribution in [0, 0.1) is 11.6 Å². The Balaban J connectivity index is 2.87. The minimum Gasteiger partial charge on any atom is -0.271 e. The van der Waals surface area contributed by atoms with Crippen LogP contribution in [0.4, 0.5) is 8.78 Å². The molecule has 3 N–H and O–H groups in total. The topological polar surface area (TPSA) is 38.0 Å². The number of benzene rings is 1. The number of hydrazine groups is 1. The summed E-state index contributed by atoms with van der Waals surface area (Å²) in [5.41, 5.74) is 2.51. The Kier molecular flexibility index (Phi) is 3.33. The van der Waals surface area contributed by atoms with Gasteiger partial charge in [0.15, 0.2) is 0 Å². The third kappa shape index (κ3) is 2.47. The van der Waals surface area contributed by atoms with Gasteiger partial charge in [0.05, 0.1) is 0 Å². The molecule has 13 heavy (non-hydrogen) atoms. The van der Waals surface area contributed by atoms with Crippen LogP contribution in [-0.4, -0.2) is 6.04 Å². The van der Waals surface area contributed by atoms with Crippen LogP contribution in [0.1, 0.15) is 12.5 Å². The number of nitrogens with two attached hydrogens (primary N) is 1. The zero-order valence-corrected chi connectivity index (χ0v) is 7.35. The van der Waals surface area contributed by atoms with Gasteiger partial charge < -0.3 is 0 Å². The minimum atomic E-state index is -0.526. The van der Waals surface area contributed by atoms with Crippen molar-refractivity contribution < 1.29 is 8.78 Å². The van der Waals surface area contributed by atoms with E-state index in [4.69, 9.17) is 5.84 Å². The van der Waals surface area contributed by atoms with Crippen molar-refractivity contribution in [2.45, 2.75) is 19.4 Å². The first-order valence-corrected chi connectivity index (χ1v) is 4.04. The van der Waals surface area contributed by atoms with Crippen LogP contribution in [0.3, 0.4) is 0 Å². The van der Waals surface area contributed by atoms with Crippen molar-refractivity contribution in [2.75, 3.05) is 0 Å². The van der Waals surface area contributed by atoms with E-state index in [2.05, 4.69) is 5.43 Å². The van der Waals surface area contributed by atoms with Gasteiger partial charge in [0.25, 0.3) is 0 Å². The first kappa shape index (κ1) is 10.1. The van der Waals surface area contributed by atoms with Crippen LogP contribution in [-0.2, 0) is 6.42 Å². The summed E-state index contributed by atoms with van der Waals surface area (Å²) in [6.07, 6.45) is 0.245. The largest absolute Gasteiger partial charge is 0.271 e. The average Bonchev–Trinajstić information content (AvgIpc) is 2.11. The van der Waals surface area contributed by atoms with E-state index in [9.17, 15) is 8.78 Å². The number of hydrogen-bond donors (Lipinski definition) is 2. The van der Waals surface area contributed by atoms with Crippen molar-refractivity contribution in [3.05, 3.63) is 35.4 Å². The lowest BCUT2D eigenvalue weighted by atomic mass is 10.1. The zero-order chi connectivity index (χ0) is 9.84. The molecular formula is C9H12F2N2. The molecule has 1 unspecified atom stereocenters. The third-order valence-electron chi connectivity index (χ3n) is 1.86. The zero-order valence-electron chi connectivity index (χ0n) is 7.35. The van der Waals surface area contributed by atoms with Gasteiger partial charge in [-0.2, -0.15) is 0 Å². The van der Waals surface area contributed by atoms with E-state index in [1.54, 1.807) is 6.92 Å². The lowest BCUT2D eigenvalue weighted by Gasteiger charge is -2.10. The Morgan fingerprint density at radius 1 is 1.38 bits per heavy atom. The molecule has 72 valence electrons. The minimum absolute atomic E-state index is 0.0768. The third-order valence-corrected chi connectivity index (χ3v) is 1.86. The van der Waals surface area contributed by atoms with Gasteiger partial charge in [-0.05, 0) is 25.5 Å². The Labute approximate surface area is 75.7 Å². The number of rotatable bonds is 3. The Hall–Kier alpha value is -1.00. The Bertz CT molecular complexity index is 269. The summed E-state index contributed by atoms with van der Waals surface area (Å²) in [5.74, 6) is 4.07. The quantitative estimate of drug-likeness (QED) is 0.552. The van der Waals surface area contributed by atoms with Crippen LogP contribution in [0.15, 0.2) is 18.2 Å². The fraction of sp³-hybridized carbons (Fsp3) is 0.333. The van der Waals surface area contributed by atoms with E-state index in [0.717, 1.165) is 0 Å². The van der Waals surface area contributed by atoms with Gasteiger partial charge in [-0.3, -0.25) is 11.3 Å². The maximum absolute atomic E-state index is 13.0. The summed E-state index contributed by atoms with van der Waals surface area (Å²) < 4.78 is 26.1. The molecule has 1 atom stereocenters. The van der Waals surface area contributed by atoms with Crippen molar-refractivity contribution in [3.8, 4) is 0 Å². The van der Waals surface area contributed by atoms with Crippen molar-refractivity contribution in [1.29, 1.82) is 0 Å². The molecule has 0 heterocycles. The molecule has 1 rings (SSSR count). The average molecular weight is 186 g/mol. The standard InChI is InChI=1S/C9H12F2N2/c1-6(13-12)5-7-8(10)3-2-4-9(7)11/h2-4,6,13H,5,12H2,1H3. The van der Waals surface area contributed by atoms with E-state index in [1.807, 2.05) is 0 Å². The highest BCUT2D eigenvalue weighted by Gasteiger charge is 2.10. The summed E-state index contributed by atoms with van der Waals surface area (Å²) >= 11 is 0. The molecule has 0 aliphatic heterocycles. The van der Waals surface area contributed by atoms with Crippen LogP contribution < -0.4 is 11.3 Å². The van der Waals surface area contributed by atoms with Gasteiger partial charge in [-0.15, -0.1) is 0 Å². The highest BCUT2D eigenvalue weighted by atomic mass is 19.1. The molecule has 0 fully saturated rings. The molecule has 0 spiro atoms. The van der Waals surface area contributed by atoms with E-state index in [0.29, 0.717) is 0 Å². The second kappa shape index (κ2) is 4.30. The van der Waals surface area contributed by atoms with Crippen LogP contribution in [0.5, 0.6) is 0 Å². The Morgan fingerprint density at radius 3 is 2.38 bits per heavy atom. The maximum atomic E-state index is 13.0. The van der Waals surface area contributed by atoms with E-state index in [-0.39, 0.29) is 18.0 Å². The van der Waals surface area contributed by atoms with Gasteiger partial charge in [0.1, 0.15) is 11.6 Å². The summed E-state index contributed by atoms with van der Waals surface area (Å²) in [5, 5.41) is 0. The second-order valence-electron chi connectivity index (χ2n) is 2.97. The molecule has 0 aromatic heterocycles. The summed E-state index contributed by atoms with van der Waals surface area (Å²) in [4.78, 5) is 0. The lowest BCUT2D eigenvalue weighted by molar-refractivity contribution is 0.508. The lowest BCUT2D eigenvalue weighted by Crippen LogP contribution is -2.34. The van der Waals surface area contributed by atoms with Crippen molar-refractivity contribution >= 4 is 0 Å². The van der Waals surface area contributed by atoms with E-state index in [1.165, 1.54) is 18.2 Å². The fourth-order valence-corrected chi connectivity index (χ4v) is 1.09. The van der Waals surface area contributed by atoms with Crippen molar-refractivity contribution in [3.63, 3.8) is 0 Å². The first-order valence-electron chi connectivity index (χ1n) is 4.04. The van der Waals surface area contributed by atoms with Gasteiger partial charge >= 0.3 is 0 Å². The second-order valence-corrected chi connectivity index (χ2v) is 2.97. The molecule has 0 saturated carbocycles. The highest BCUT2D eigenvalue weighted by molar-refractivity contribution is 5.20. The van der Waals surface area contributed by atoms with Crippen LogP contribution in [0.2, 0.25) is 0 Å². The molecule has 0 aliphatic rings. The molecule has 0 radical (unpaired) electrons. The van der Waals surface area contributed by atoms with Gasteiger partial charge in [0.2, 0.25) is 0 Å². The maximum Gasteiger partial charge on any atom is 0.129 e. The monoisotopic (exact) mass is 186 g/mol. The van der Waals surface area contributed by atoms with Crippen LogP contribution >= 0.6 is 0 Å². The molecule has 1 aromatic carbocycles. The SMILES string of the molecule is CC(Cc1c(F)cccc1F)NN. The van der Waals surface area contributed by atoms with E-state index < -0.39 is 11.6 Å².